The number of rotatable bonds is 6. The Labute approximate surface area is 115 Å². The summed E-state index contributed by atoms with van der Waals surface area (Å²) in [5.41, 5.74) is 9.80. The van der Waals surface area contributed by atoms with E-state index in [1.807, 2.05) is 0 Å². The average molecular weight is 254 g/mol. The predicted molar refractivity (Wildman–Crippen MR) is 80.8 cm³/mol. The minimum absolute atomic E-state index is 0.693. The third kappa shape index (κ3) is 4.19. The van der Waals surface area contributed by atoms with E-state index in [2.05, 4.69) is 66.4 Å². The maximum atomic E-state index is 5.73. The maximum absolute atomic E-state index is 5.73. The van der Waals surface area contributed by atoms with Crippen LogP contribution in [0.25, 0.3) is 0 Å². The Bertz CT molecular complexity index is 494. The van der Waals surface area contributed by atoms with Crippen molar-refractivity contribution >= 4 is 0 Å². The van der Waals surface area contributed by atoms with E-state index in [4.69, 9.17) is 5.73 Å². The molecule has 19 heavy (non-hydrogen) atoms. The Kier molecular flexibility index (Phi) is 5.13. The van der Waals surface area contributed by atoms with Crippen molar-refractivity contribution in [3.8, 4) is 0 Å². The van der Waals surface area contributed by atoms with Crippen LogP contribution in [0, 0.1) is 6.92 Å². The van der Waals surface area contributed by atoms with E-state index >= 15 is 0 Å². The molecule has 0 aliphatic heterocycles. The summed E-state index contributed by atoms with van der Waals surface area (Å²) >= 11 is 0. The van der Waals surface area contributed by atoms with Gasteiger partial charge in [0.15, 0.2) is 0 Å². The predicted octanol–water partition coefficient (Wildman–Crippen LogP) is 2.96. The highest BCUT2D eigenvalue weighted by Gasteiger charge is 2.07. The fraction of sp³-hybridized carbons (Fsp3) is 0.294. The van der Waals surface area contributed by atoms with Gasteiger partial charge in [-0.25, -0.2) is 0 Å². The highest BCUT2D eigenvalue weighted by Crippen LogP contribution is 2.12. The first-order chi connectivity index (χ1) is 9.29. The van der Waals surface area contributed by atoms with Gasteiger partial charge in [-0.1, -0.05) is 54.6 Å². The van der Waals surface area contributed by atoms with Crippen molar-refractivity contribution in [2.45, 2.75) is 20.0 Å². The van der Waals surface area contributed by atoms with Gasteiger partial charge in [0.05, 0.1) is 0 Å². The molecule has 0 aliphatic rings. The Morgan fingerprint density at radius 1 is 0.895 bits per heavy atom. The molecule has 0 saturated heterocycles. The van der Waals surface area contributed by atoms with Crippen LogP contribution in [0.15, 0.2) is 54.6 Å². The monoisotopic (exact) mass is 254 g/mol. The summed E-state index contributed by atoms with van der Waals surface area (Å²) in [7, 11) is 0. The van der Waals surface area contributed by atoms with Crippen molar-refractivity contribution in [2.75, 3.05) is 13.1 Å². The van der Waals surface area contributed by atoms with Gasteiger partial charge in [0.2, 0.25) is 0 Å². The summed E-state index contributed by atoms with van der Waals surface area (Å²) < 4.78 is 0. The lowest BCUT2D eigenvalue weighted by atomic mass is 10.1. The summed E-state index contributed by atoms with van der Waals surface area (Å²) in [6.45, 7) is 5.69. The van der Waals surface area contributed by atoms with Crippen LogP contribution >= 0.6 is 0 Å². The third-order valence-corrected chi connectivity index (χ3v) is 3.35. The quantitative estimate of drug-likeness (QED) is 0.858. The highest BCUT2D eigenvalue weighted by molar-refractivity contribution is 5.25. The van der Waals surface area contributed by atoms with Crippen LogP contribution < -0.4 is 5.73 Å². The van der Waals surface area contributed by atoms with Gasteiger partial charge in [-0.3, -0.25) is 4.90 Å². The Morgan fingerprint density at radius 3 is 2.26 bits per heavy atom. The smallest absolute Gasteiger partial charge is 0.0240 e. The first-order valence-corrected chi connectivity index (χ1v) is 6.80. The van der Waals surface area contributed by atoms with Crippen LogP contribution in [-0.2, 0) is 13.1 Å². The molecule has 0 bridgehead atoms. The zero-order valence-corrected chi connectivity index (χ0v) is 11.5. The Morgan fingerprint density at radius 2 is 1.58 bits per heavy atom. The van der Waals surface area contributed by atoms with E-state index in [0.717, 1.165) is 19.6 Å². The minimum Gasteiger partial charge on any atom is -0.329 e. The zero-order chi connectivity index (χ0) is 13.5. The van der Waals surface area contributed by atoms with E-state index in [-0.39, 0.29) is 0 Å². The van der Waals surface area contributed by atoms with Gasteiger partial charge < -0.3 is 5.73 Å². The molecular formula is C17H22N2. The Hall–Kier alpha value is -1.64. The summed E-state index contributed by atoms with van der Waals surface area (Å²) in [4.78, 5) is 2.40. The maximum Gasteiger partial charge on any atom is 0.0240 e. The summed E-state index contributed by atoms with van der Waals surface area (Å²) in [5, 5.41) is 0. The molecule has 0 unspecified atom stereocenters. The van der Waals surface area contributed by atoms with Gasteiger partial charge in [0.1, 0.15) is 0 Å². The summed E-state index contributed by atoms with van der Waals surface area (Å²) in [5.74, 6) is 0. The first kappa shape index (κ1) is 13.8. The van der Waals surface area contributed by atoms with Crippen LogP contribution in [0.2, 0.25) is 0 Å². The van der Waals surface area contributed by atoms with Crippen molar-refractivity contribution in [3.63, 3.8) is 0 Å². The molecule has 0 radical (unpaired) electrons. The lowest BCUT2D eigenvalue weighted by Gasteiger charge is -2.22. The van der Waals surface area contributed by atoms with E-state index in [9.17, 15) is 0 Å². The molecular weight excluding hydrogens is 232 g/mol. The van der Waals surface area contributed by atoms with Gasteiger partial charge in [0, 0.05) is 26.2 Å². The van der Waals surface area contributed by atoms with Gasteiger partial charge >= 0.3 is 0 Å². The molecule has 0 spiro atoms. The van der Waals surface area contributed by atoms with E-state index in [0.29, 0.717) is 6.54 Å². The molecule has 100 valence electrons. The first-order valence-electron chi connectivity index (χ1n) is 6.80. The number of hydrogen-bond acceptors (Lipinski definition) is 2. The molecule has 0 atom stereocenters. The molecule has 2 rings (SSSR count). The minimum atomic E-state index is 0.693. The second kappa shape index (κ2) is 7.07. The van der Waals surface area contributed by atoms with Gasteiger partial charge in [-0.2, -0.15) is 0 Å². The van der Waals surface area contributed by atoms with E-state index < -0.39 is 0 Å². The summed E-state index contributed by atoms with van der Waals surface area (Å²) in [6.07, 6.45) is 0. The van der Waals surface area contributed by atoms with E-state index in [1.54, 1.807) is 0 Å². The molecule has 0 amide bonds. The number of hydrogen-bond donors (Lipinski definition) is 1. The second-order valence-corrected chi connectivity index (χ2v) is 4.91. The molecule has 0 saturated carbocycles. The van der Waals surface area contributed by atoms with Gasteiger partial charge in [0.25, 0.3) is 0 Å². The molecule has 2 heteroatoms. The highest BCUT2D eigenvalue weighted by atomic mass is 15.1. The van der Waals surface area contributed by atoms with Crippen molar-refractivity contribution in [1.29, 1.82) is 0 Å². The molecule has 0 heterocycles. The van der Waals surface area contributed by atoms with Crippen molar-refractivity contribution in [1.82, 2.24) is 4.90 Å². The molecule has 0 aliphatic carbocycles. The number of nitrogens with zero attached hydrogens (tertiary/aromatic N) is 1. The Balaban J connectivity index is 2.06. The lowest BCUT2D eigenvalue weighted by Crippen LogP contribution is -2.29. The fourth-order valence-corrected chi connectivity index (χ4v) is 2.27. The van der Waals surface area contributed by atoms with Gasteiger partial charge in [-0.05, 0) is 23.6 Å². The van der Waals surface area contributed by atoms with Crippen LogP contribution in [0.3, 0.4) is 0 Å². The van der Waals surface area contributed by atoms with Crippen LogP contribution in [0.5, 0.6) is 0 Å². The normalized spacial score (nSPS) is 10.9. The average Bonchev–Trinajstić information content (AvgIpc) is 2.43. The van der Waals surface area contributed by atoms with Crippen LogP contribution in [0.1, 0.15) is 16.7 Å². The van der Waals surface area contributed by atoms with Crippen molar-refractivity contribution in [3.05, 3.63) is 71.3 Å². The molecule has 2 N–H and O–H groups in total. The lowest BCUT2D eigenvalue weighted by molar-refractivity contribution is 0.264. The van der Waals surface area contributed by atoms with Gasteiger partial charge in [-0.15, -0.1) is 0 Å². The molecule has 2 aromatic carbocycles. The molecule has 0 aromatic heterocycles. The second-order valence-electron chi connectivity index (χ2n) is 4.91. The number of nitrogens with two attached hydrogens (primary N) is 1. The van der Waals surface area contributed by atoms with Crippen molar-refractivity contribution in [2.24, 2.45) is 5.73 Å². The summed E-state index contributed by atoms with van der Waals surface area (Å²) in [6, 6.07) is 19.1. The standard InChI is InChI=1S/C17H22N2/c1-15-7-5-6-10-17(15)14-19(12-11-18)13-16-8-3-2-4-9-16/h2-10H,11-14,18H2,1H3. The van der Waals surface area contributed by atoms with Crippen LogP contribution in [-0.4, -0.2) is 18.0 Å². The number of benzene rings is 2. The number of aryl methyl sites for hydroxylation is 1. The largest absolute Gasteiger partial charge is 0.329 e. The van der Waals surface area contributed by atoms with Crippen LogP contribution in [0.4, 0.5) is 0 Å². The molecule has 2 aromatic rings. The zero-order valence-electron chi connectivity index (χ0n) is 11.5. The topological polar surface area (TPSA) is 29.3 Å². The fourth-order valence-electron chi connectivity index (χ4n) is 2.27. The molecule has 0 fully saturated rings. The third-order valence-electron chi connectivity index (χ3n) is 3.35. The SMILES string of the molecule is Cc1ccccc1CN(CCN)Cc1ccccc1. The van der Waals surface area contributed by atoms with E-state index in [1.165, 1.54) is 16.7 Å². The van der Waals surface area contributed by atoms with Crippen molar-refractivity contribution < 1.29 is 0 Å². The molecule has 2 nitrogen and oxygen atoms in total.